The molecule has 17 heavy (non-hydrogen) atoms. The second-order valence-electron chi connectivity index (χ2n) is 5.18. The topological polar surface area (TPSA) is 12.9 Å². The summed E-state index contributed by atoms with van der Waals surface area (Å²) in [6.07, 6.45) is 3.02. The fraction of sp³-hybridized carbons (Fsp3) is 0.267. The van der Waals surface area contributed by atoms with Crippen molar-refractivity contribution >= 4 is 0 Å². The van der Waals surface area contributed by atoms with Gasteiger partial charge < -0.3 is 0 Å². The molecule has 0 aliphatic carbocycles. The van der Waals surface area contributed by atoms with Crippen LogP contribution in [0, 0.1) is 5.82 Å². The fourth-order valence-electron chi connectivity index (χ4n) is 1.74. The van der Waals surface area contributed by atoms with E-state index in [9.17, 15) is 4.39 Å². The molecule has 2 heteroatoms. The average molecular weight is 229 g/mol. The maximum atomic E-state index is 13.6. The van der Waals surface area contributed by atoms with Crippen molar-refractivity contribution in [1.82, 2.24) is 4.98 Å². The lowest BCUT2D eigenvalue weighted by atomic mass is 9.86. The molecule has 0 atom stereocenters. The van der Waals surface area contributed by atoms with E-state index in [1.807, 2.05) is 24.3 Å². The highest BCUT2D eigenvalue weighted by Crippen LogP contribution is 2.26. The number of rotatable bonds is 1. The molecule has 88 valence electrons. The second kappa shape index (κ2) is 4.28. The minimum atomic E-state index is -0.233. The zero-order valence-corrected chi connectivity index (χ0v) is 10.4. The molecule has 0 N–H and O–H groups in total. The monoisotopic (exact) mass is 229 g/mol. The Bertz CT molecular complexity index is 509. The molecule has 0 spiro atoms. The third-order valence-corrected chi connectivity index (χ3v) is 2.83. The highest BCUT2D eigenvalue weighted by molar-refractivity contribution is 5.63. The molecule has 0 unspecified atom stereocenters. The van der Waals surface area contributed by atoms with Crippen LogP contribution in [0.25, 0.3) is 11.1 Å². The molecule has 0 amide bonds. The summed E-state index contributed by atoms with van der Waals surface area (Å²) in [7, 11) is 0. The second-order valence-corrected chi connectivity index (χ2v) is 5.18. The Morgan fingerprint density at radius 3 is 2.18 bits per heavy atom. The lowest BCUT2D eigenvalue weighted by molar-refractivity contribution is 0.590. The first-order chi connectivity index (χ1) is 7.98. The van der Waals surface area contributed by atoms with Crippen molar-refractivity contribution < 1.29 is 4.39 Å². The van der Waals surface area contributed by atoms with Gasteiger partial charge in [0.05, 0.1) is 0 Å². The van der Waals surface area contributed by atoms with E-state index < -0.39 is 0 Å². The van der Waals surface area contributed by atoms with Crippen LogP contribution < -0.4 is 0 Å². The van der Waals surface area contributed by atoms with Crippen molar-refractivity contribution in [2.45, 2.75) is 26.2 Å². The first-order valence-corrected chi connectivity index (χ1v) is 5.69. The van der Waals surface area contributed by atoms with Gasteiger partial charge in [-0.25, -0.2) is 4.39 Å². The predicted molar refractivity (Wildman–Crippen MR) is 68.3 cm³/mol. The van der Waals surface area contributed by atoms with Crippen LogP contribution in [-0.2, 0) is 5.41 Å². The van der Waals surface area contributed by atoms with E-state index in [2.05, 4.69) is 25.8 Å². The van der Waals surface area contributed by atoms with Gasteiger partial charge in [0.25, 0.3) is 0 Å². The molecule has 1 heterocycles. The number of benzene rings is 1. The van der Waals surface area contributed by atoms with Crippen LogP contribution in [0.4, 0.5) is 4.39 Å². The van der Waals surface area contributed by atoms with Crippen molar-refractivity contribution in [2.75, 3.05) is 0 Å². The Morgan fingerprint density at radius 1 is 1.00 bits per heavy atom. The van der Waals surface area contributed by atoms with Gasteiger partial charge in [-0.2, -0.15) is 0 Å². The Balaban J connectivity index is 2.40. The van der Waals surface area contributed by atoms with Gasteiger partial charge in [0.2, 0.25) is 0 Å². The molecule has 0 saturated carbocycles. The summed E-state index contributed by atoms with van der Waals surface area (Å²) in [5, 5.41) is 0. The third kappa shape index (κ3) is 2.52. The predicted octanol–water partition coefficient (Wildman–Crippen LogP) is 4.19. The van der Waals surface area contributed by atoms with E-state index in [0.717, 1.165) is 5.56 Å². The molecule has 1 aromatic carbocycles. The summed E-state index contributed by atoms with van der Waals surface area (Å²) >= 11 is 0. The normalized spacial score (nSPS) is 11.5. The minimum absolute atomic E-state index is 0.117. The molecule has 0 fully saturated rings. The maximum Gasteiger partial charge on any atom is 0.134 e. The number of aromatic nitrogens is 1. The first kappa shape index (κ1) is 11.8. The summed E-state index contributed by atoms with van der Waals surface area (Å²) in [6, 6.07) is 9.36. The Labute approximate surface area is 101 Å². The van der Waals surface area contributed by atoms with Crippen LogP contribution in [0.3, 0.4) is 0 Å². The molecule has 0 aliphatic rings. The third-order valence-electron chi connectivity index (χ3n) is 2.83. The standard InChI is InChI=1S/C15H16FN/c1-15(2,3)12-6-4-11(5-7-12)13-10-17-9-8-14(13)16/h4-10H,1-3H3. The van der Waals surface area contributed by atoms with E-state index in [1.54, 1.807) is 6.20 Å². The molecule has 1 aromatic heterocycles. The zero-order valence-electron chi connectivity index (χ0n) is 10.4. The molecular formula is C15H16FN. The van der Waals surface area contributed by atoms with Crippen molar-refractivity contribution in [3.8, 4) is 11.1 Å². The molecule has 2 aromatic rings. The largest absolute Gasteiger partial charge is 0.264 e. The molecule has 1 nitrogen and oxygen atoms in total. The number of nitrogens with zero attached hydrogens (tertiary/aromatic N) is 1. The van der Waals surface area contributed by atoms with E-state index >= 15 is 0 Å². The highest BCUT2D eigenvalue weighted by atomic mass is 19.1. The molecule has 0 bridgehead atoms. The average Bonchev–Trinajstić information content (AvgIpc) is 2.29. The number of hydrogen-bond acceptors (Lipinski definition) is 1. The maximum absolute atomic E-state index is 13.6. The molecule has 0 saturated heterocycles. The zero-order chi connectivity index (χ0) is 12.5. The van der Waals surface area contributed by atoms with Crippen LogP contribution in [0.2, 0.25) is 0 Å². The lowest BCUT2D eigenvalue weighted by Gasteiger charge is -2.19. The summed E-state index contributed by atoms with van der Waals surface area (Å²) in [5.41, 5.74) is 2.77. The van der Waals surface area contributed by atoms with Crippen LogP contribution in [0.15, 0.2) is 42.7 Å². The van der Waals surface area contributed by atoms with Gasteiger partial charge in [-0.1, -0.05) is 45.0 Å². The Kier molecular flexibility index (Phi) is 2.97. The van der Waals surface area contributed by atoms with Gasteiger partial charge in [0.1, 0.15) is 5.82 Å². The Morgan fingerprint density at radius 2 is 1.65 bits per heavy atom. The van der Waals surface area contributed by atoms with Gasteiger partial charge in [0.15, 0.2) is 0 Å². The number of hydrogen-bond donors (Lipinski definition) is 0. The fourth-order valence-corrected chi connectivity index (χ4v) is 1.74. The van der Waals surface area contributed by atoms with Crippen molar-refractivity contribution in [1.29, 1.82) is 0 Å². The molecule has 0 radical (unpaired) electrons. The number of halogens is 1. The number of pyridine rings is 1. The van der Waals surface area contributed by atoms with Gasteiger partial charge in [-0.05, 0) is 22.6 Å². The van der Waals surface area contributed by atoms with E-state index in [0.29, 0.717) is 5.56 Å². The summed E-state index contributed by atoms with van der Waals surface area (Å²) in [6.45, 7) is 6.48. The van der Waals surface area contributed by atoms with Gasteiger partial charge in [0, 0.05) is 18.0 Å². The minimum Gasteiger partial charge on any atom is -0.264 e. The van der Waals surface area contributed by atoms with Crippen molar-refractivity contribution in [2.24, 2.45) is 0 Å². The molecule has 0 aliphatic heterocycles. The van der Waals surface area contributed by atoms with E-state index in [4.69, 9.17) is 0 Å². The molecular weight excluding hydrogens is 213 g/mol. The quantitative estimate of drug-likeness (QED) is 0.714. The summed E-state index contributed by atoms with van der Waals surface area (Å²) < 4.78 is 13.6. The van der Waals surface area contributed by atoms with Gasteiger partial charge >= 0.3 is 0 Å². The van der Waals surface area contributed by atoms with Crippen molar-refractivity contribution in [3.63, 3.8) is 0 Å². The molecule has 2 rings (SSSR count). The first-order valence-electron chi connectivity index (χ1n) is 5.69. The SMILES string of the molecule is CC(C)(C)c1ccc(-c2cnccc2F)cc1. The summed E-state index contributed by atoms with van der Waals surface area (Å²) in [5.74, 6) is -0.233. The van der Waals surface area contributed by atoms with Crippen molar-refractivity contribution in [3.05, 3.63) is 54.1 Å². The highest BCUT2D eigenvalue weighted by Gasteiger charge is 2.13. The van der Waals surface area contributed by atoms with E-state index in [-0.39, 0.29) is 11.2 Å². The van der Waals surface area contributed by atoms with Crippen LogP contribution in [0.1, 0.15) is 26.3 Å². The van der Waals surface area contributed by atoms with Gasteiger partial charge in [-0.3, -0.25) is 4.98 Å². The lowest BCUT2D eigenvalue weighted by Crippen LogP contribution is -2.10. The van der Waals surface area contributed by atoms with Crippen LogP contribution in [0.5, 0.6) is 0 Å². The Hall–Kier alpha value is -1.70. The van der Waals surface area contributed by atoms with Crippen LogP contribution >= 0.6 is 0 Å². The summed E-state index contributed by atoms with van der Waals surface area (Å²) in [4.78, 5) is 3.95. The van der Waals surface area contributed by atoms with E-state index in [1.165, 1.54) is 17.8 Å². The van der Waals surface area contributed by atoms with Crippen LogP contribution in [-0.4, -0.2) is 4.98 Å². The smallest absolute Gasteiger partial charge is 0.134 e. The van der Waals surface area contributed by atoms with Gasteiger partial charge in [-0.15, -0.1) is 0 Å².